The van der Waals surface area contributed by atoms with Crippen molar-refractivity contribution in [3.05, 3.63) is 107 Å². The number of para-hydroxylation sites is 2. The zero-order chi connectivity index (χ0) is 32.1. The fourth-order valence-electron chi connectivity index (χ4n) is 4.26. The summed E-state index contributed by atoms with van der Waals surface area (Å²) < 4.78 is 100. The Hall–Kier alpha value is -3.81. The van der Waals surface area contributed by atoms with Gasteiger partial charge in [-0.2, -0.15) is 21.2 Å². The minimum Gasteiger partial charge on any atom is -0.781 e. The molecule has 0 aliphatic carbocycles. The molecule has 4 rings (SSSR count). The van der Waals surface area contributed by atoms with E-state index in [9.17, 15) is 26.3 Å². The maximum absolute atomic E-state index is 13.5. The third-order valence-electron chi connectivity index (χ3n) is 6.12. The smallest absolute Gasteiger partial charge is 0.573 e. The zero-order valence-electron chi connectivity index (χ0n) is 23.2. The number of hydrogen-bond acceptors (Lipinski definition) is 6. The average molecular weight is 711 g/mol. The van der Waals surface area contributed by atoms with E-state index in [0.717, 1.165) is 12.1 Å². The van der Waals surface area contributed by atoms with Crippen molar-refractivity contribution in [3.8, 4) is 23.0 Å². The van der Waals surface area contributed by atoms with Gasteiger partial charge in [0.05, 0.1) is 14.2 Å². The SMILES string of the molecule is COc1ccc([N-]C(c2ccccc2OC(F)(F)F)C([N-]c2ccc(OC)cc2[S-])c2ccccc2OC(F)(F)F)c([S-])c1.[Ni]. The van der Waals surface area contributed by atoms with Gasteiger partial charge in [0.1, 0.15) is 23.0 Å². The van der Waals surface area contributed by atoms with Gasteiger partial charge in [0.2, 0.25) is 0 Å². The van der Waals surface area contributed by atoms with Crippen LogP contribution in [-0.4, -0.2) is 26.9 Å². The summed E-state index contributed by atoms with van der Waals surface area (Å²) in [6.07, 6.45) is -10.2. The Morgan fingerprint density at radius 1 is 0.578 bits per heavy atom. The molecule has 4 aromatic carbocycles. The van der Waals surface area contributed by atoms with Crippen LogP contribution in [0.2, 0.25) is 0 Å². The van der Waals surface area contributed by atoms with Crippen molar-refractivity contribution in [2.75, 3.05) is 14.2 Å². The number of benzene rings is 4. The van der Waals surface area contributed by atoms with Crippen molar-refractivity contribution in [2.24, 2.45) is 0 Å². The van der Waals surface area contributed by atoms with Crippen LogP contribution in [0, 0.1) is 0 Å². The third-order valence-corrected chi connectivity index (χ3v) is 6.77. The number of nitrogens with zero attached hydrogens (tertiary/aromatic N) is 2. The van der Waals surface area contributed by atoms with Gasteiger partial charge >= 0.3 is 12.7 Å². The minimum absolute atomic E-state index is 0. The Kier molecular flexibility index (Phi) is 11.9. The number of rotatable bonds is 11. The first kappa shape index (κ1) is 35.7. The molecule has 0 saturated carbocycles. The number of methoxy groups -OCH3 is 2. The van der Waals surface area contributed by atoms with E-state index in [4.69, 9.17) is 34.7 Å². The summed E-state index contributed by atoms with van der Waals surface area (Å²) in [7, 11) is 2.84. The molecule has 6 nitrogen and oxygen atoms in total. The molecule has 0 saturated heterocycles. The molecule has 2 unspecified atom stereocenters. The molecule has 45 heavy (non-hydrogen) atoms. The van der Waals surface area contributed by atoms with Crippen molar-refractivity contribution in [1.82, 2.24) is 0 Å². The largest absolute Gasteiger partial charge is 0.781 e. The molecule has 244 valence electrons. The first-order valence-electron chi connectivity index (χ1n) is 12.6. The topological polar surface area (TPSA) is 65.1 Å². The number of hydrogen-bond donors (Lipinski definition) is 0. The van der Waals surface area contributed by atoms with Gasteiger partial charge in [0, 0.05) is 16.5 Å². The van der Waals surface area contributed by atoms with Gasteiger partial charge in [0.15, 0.2) is 0 Å². The second-order valence-electron chi connectivity index (χ2n) is 8.99. The summed E-state index contributed by atoms with van der Waals surface area (Å²) >= 11 is 10.9. The van der Waals surface area contributed by atoms with Gasteiger partial charge in [0.25, 0.3) is 0 Å². The van der Waals surface area contributed by atoms with Crippen molar-refractivity contribution in [3.63, 3.8) is 0 Å². The van der Waals surface area contributed by atoms with Gasteiger partial charge in [-0.25, -0.2) is 0 Å². The Morgan fingerprint density at radius 2 is 0.933 bits per heavy atom. The van der Waals surface area contributed by atoms with E-state index in [1.807, 2.05) is 0 Å². The van der Waals surface area contributed by atoms with E-state index >= 15 is 0 Å². The summed E-state index contributed by atoms with van der Waals surface area (Å²) in [6, 6.07) is 16.3. The summed E-state index contributed by atoms with van der Waals surface area (Å²) in [5.74, 6) is -0.497. The van der Waals surface area contributed by atoms with E-state index in [-0.39, 0.29) is 48.8 Å². The van der Waals surface area contributed by atoms with Crippen LogP contribution in [0.15, 0.2) is 94.7 Å². The van der Waals surface area contributed by atoms with E-state index in [2.05, 4.69) is 20.1 Å². The molecule has 4 aromatic rings. The van der Waals surface area contributed by atoms with Crippen LogP contribution in [0.3, 0.4) is 0 Å². The number of alkyl halides is 6. The zero-order valence-corrected chi connectivity index (χ0v) is 25.8. The summed E-state index contributed by atoms with van der Waals surface area (Å²) in [5.41, 5.74) is -0.0270. The fraction of sp³-hybridized carbons (Fsp3) is 0.200. The van der Waals surface area contributed by atoms with Crippen LogP contribution in [-0.2, 0) is 41.7 Å². The van der Waals surface area contributed by atoms with E-state index in [1.54, 1.807) is 0 Å². The van der Waals surface area contributed by atoms with Crippen LogP contribution in [0.4, 0.5) is 37.7 Å². The molecule has 15 heteroatoms. The van der Waals surface area contributed by atoms with Crippen molar-refractivity contribution in [2.45, 2.75) is 34.6 Å². The van der Waals surface area contributed by atoms with E-state index in [0.29, 0.717) is 11.5 Å². The van der Waals surface area contributed by atoms with Crippen LogP contribution in [0.1, 0.15) is 23.2 Å². The van der Waals surface area contributed by atoms with Crippen LogP contribution < -0.4 is 18.9 Å². The van der Waals surface area contributed by atoms with Crippen molar-refractivity contribution >= 4 is 36.6 Å². The quantitative estimate of drug-likeness (QED) is 0.0878. The predicted molar refractivity (Wildman–Crippen MR) is 155 cm³/mol. The molecular weight excluding hydrogens is 689 g/mol. The maximum Gasteiger partial charge on any atom is 0.573 e. The molecule has 0 bridgehead atoms. The molecule has 0 aromatic heterocycles. The first-order chi connectivity index (χ1) is 20.8. The molecule has 0 spiro atoms. The van der Waals surface area contributed by atoms with Gasteiger partial charge in [-0.05, 0) is 47.5 Å². The second kappa shape index (κ2) is 15.0. The Balaban J connectivity index is 0.00000552. The first-order valence-corrected chi connectivity index (χ1v) is 13.4. The Labute approximate surface area is 276 Å². The monoisotopic (exact) mass is 710 g/mol. The van der Waals surface area contributed by atoms with Crippen LogP contribution in [0.25, 0.3) is 10.6 Å². The minimum atomic E-state index is -5.10. The van der Waals surface area contributed by atoms with Crippen LogP contribution in [0.5, 0.6) is 23.0 Å². The second-order valence-corrected chi connectivity index (χ2v) is 9.87. The number of halogens is 6. The van der Waals surface area contributed by atoms with Gasteiger partial charge in [-0.3, -0.25) is 0 Å². The summed E-state index contributed by atoms with van der Waals surface area (Å²) in [6.45, 7) is 0. The normalized spacial score (nSPS) is 12.7. The van der Waals surface area contributed by atoms with Crippen molar-refractivity contribution in [1.29, 1.82) is 0 Å². The maximum atomic E-state index is 13.5. The summed E-state index contributed by atoms with van der Waals surface area (Å²) in [5, 5.41) is 9.34. The van der Waals surface area contributed by atoms with Crippen molar-refractivity contribution < 1.29 is 61.8 Å². The molecule has 0 fully saturated rings. The average Bonchev–Trinajstić information content (AvgIpc) is 2.95. The molecular formula is C30H22F6N2NiO4S2-4. The molecule has 0 aliphatic heterocycles. The molecule has 0 heterocycles. The third kappa shape index (κ3) is 9.59. The molecule has 0 radical (unpaired) electrons. The molecule has 0 N–H and O–H groups in total. The molecule has 0 aliphatic rings. The van der Waals surface area contributed by atoms with Crippen LogP contribution >= 0.6 is 0 Å². The fourth-order valence-corrected chi connectivity index (χ4v) is 4.74. The van der Waals surface area contributed by atoms with Gasteiger partial charge in [-0.1, -0.05) is 60.6 Å². The Morgan fingerprint density at radius 3 is 1.24 bits per heavy atom. The van der Waals surface area contributed by atoms with E-state index < -0.39 is 36.3 Å². The standard InChI is InChI=1S/C30H24F6N2O4S2.Ni/c1-39-17-11-13-21(25(43)15-17)37-27(19-7-3-5-9-23(19)41-29(31,32)33)28(38-22-14-12-18(40-2)16-26(22)44)20-8-4-6-10-24(20)42-30(34,35)36;/h3-16,27-28,43-44H,1-2H3;/q-2;/p-2. The van der Waals surface area contributed by atoms with Gasteiger partial charge < -0.3 is 54.8 Å². The molecule has 0 amide bonds. The summed E-state index contributed by atoms with van der Waals surface area (Å²) in [4.78, 5) is 0.325. The number of ether oxygens (including phenoxy) is 4. The van der Waals surface area contributed by atoms with E-state index in [1.165, 1.54) is 87.0 Å². The van der Waals surface area contributed by atoms with Gasteiger partial charge in [-0.15, -0.1) is 26.3 Å². The molecule has 2 atom stereocenters. The predicted octanol–water partition coefficient (Wildman–Crippen LogP) is 9.50. The Bertz CT molecular complexity index is 1480.